The molecule has 1 aliphatic rings. The topological polar surface area (TPSA) is 18.5 Å². The Balaban J connectivity index is 1.87. The molecule has 88 valence electrons. The lowest BCUT2D eigenvalue weighted by Crippen LogP contribution is -2.17. The molecule has 0 amide bonds. The highest BCUT2D eigenvalue weighted by Gasteiger charge is 2.22. The van der Waals surface area contributed by atoms with Gasteiger partial charge in [0.25, 0.3) is 0 Å². The van der Waals surface area contributed by atoms with Gasteiger partial charge in [0.2, 0.25) is 0 Å². The fourth-order valence-electron chi connectivity index (χ4n) is 1.86. The fraction of sp³-hybridized carbons (Fsp3) is 0.538. The van der Waals surface area contributed by atoms with E-state index in [1.807, 2.05) is 0 Å². The van der Waals surface area contributed by atoms with Crippen molar-refractivity contribution < 1.29 is 13.9 Å². The van der Waals surface area contributed by atoms with E-state index in [0.29, 0.717) is 24.0 Å². The number of hydrogen-bond donors (Lipinski definition) is 0. The molecular weight excluding hydrogens is 207 g/mol. The van der Waals surface area contributed by atoms with E-state index in [-0.39, 0.29) is 11.9 Å². The van der Waals surface area contributed by atoms with Gasteiger partial charge in [-0.2, -0.15) is 0 Å². The van der Waals surface area contributed by atoms with Crippen LogP contribution in [0, 0.1) is 12.7 Å². The molecule has 0 radical (unpaired) electrons. The lowest BCUT2D eigenvalue weighted by atomic mass is 10.2. The summed E-state index contributed by atoms with van der Waals surface area (Å²) in [7, 11) is 0. The van der Waals surface area contributed by atoms with Crippen molar-refractivity contribution >= 4 is 0 Å². The van der Waals surface area contributed by atoms with Crippen molar-refractivity contribution in [3.8, 4) is 5.75 Å². The first-order valence-electron chi connectivity index (χ1n) is 5.69. The third-order valence-corrected chi connectivity index (χ3v) is 2.90. The van der Waals surface area contributed by atoms with Gasteiger partial charge in [0.05, 0.1) is 12.2 Å². The molecule has 0 N–H and O–H groups in total. The number of aryl methyl sites for hydroxylation is 1. The number of benzene rings is 1. The maximum absolute atomic E-state index is 13.2. The van der Waals surface area contributed by atoms with Crippen molar-refractivity contribution in [3.63, 3.8) is 0 Å². The van der Waals surface area contributed by atoms with Crippen molar-refractivity contribution in [3.05, 3.63) is 29.6 Å². The fourth-order valence-corrected chi connectivity index (χ4v) is 1.86. The van der Waals surface area contributed by atoms with Crippen LogP contribution >= 0.6 is 0 Å². The first-order chi connectivity index (χ1) is 7.65. The van der Waals surface area contributed by atoms with Gasteiger partial charge in [0.1, 0.15) is 18.2 Å². The van der Waals surface area contributed by atoms with E-state index >= 15 is 0 Å². The highest BCUT2D eigenvalue weighted by molar-refractivity contribution is 5.27. The van der Waals surface area contributed by atoms with Crippen molar-refractivity contribution in [1.29, 1.82) is 0 Å². The molecule has 1 aliphatic heterocycles. The van der Waals surface area contributed by atoms with E-state index in [0.717, 1.165) is 12.8 Å². The predicted octanol–water partition coefficient (Wildman–Crippen LogP) is 3.08. The third-order valence-electron chi connectivity index (χ3n) is 2.90. The second-order valence-corrected chi connectivity index (χ2v) is 4.37. The Labute approximate surface area is 95.4 Å². The summed E-state index contributed by atoms with van der Waals surface area (Å²) in [6.45, 7) is 4.30. The highest BCUT2D eigenvalue weighted by atomic mass is 19.1. The minimum absolute atomic E-state index is 0.152. The second kappa shape index (κ2) is 4.83. The van der Waals surface area contributed by atoms with Crippen molar-refractivity contribution in [1.82, 2.24) is 0 Å². The van der Waals surface area contributed by atoms with Crippen LogP contribution in [0.1, 0.15) is 25.3 Å². The number of halogens is 1. The summed E-state index contributed by atoms with van der Waals surface area (Å²) in [5.41, 5.74) is 0.637. The van der Waals surface area contributed by atoms with Crippen molar-refractivity contribution in [2.75, 3.05) is 6.61 Å². The molecule has 0 aromatic heterocycles. The number of ether oxygens (including phenoxy) is 2. The molecule has 1 aromatic carbocycles. The lowest BCUT2D eigenvalue weighted by molar-refractivity contribution is 0.0264. The average Bonchev–Trinajstić information content (AvgIpc) is 2.66. The van der Waals surface area contributed by atoms with Gasteiger partial charge < -0.3 is 9.47 Å². The molecule has 0 aliphatic carbocycles. The molecule has 0 saturated carbocycles. The summed E-state index contributed by atoms with van der Waals surface area (Å²) in [6.07, 6.45) is 2.58. The molecule has 0 spiro atoms. The molecular formula is C13H17FO2. The Bertz CT molecular complexity index is 365. The first kappa shape index (κ1) is 11.4. The lowest BCUT2D eigenvalue weighted by Gasteiger charge is -2.13. The van der Waals surface area contributed by atoms with E-state index in [9.17, 15) is 4.39 Å². The smallest absolute Gasteiger partial charge is 0.129 e. The Kier molecular flexibility index (Phi) is 3.44. The molecule has 2 nitrogen and oxygen atoms in total. The monoisotopic (exact) mass is 224 g/mol. The molecule has 2 rings (SSSR count). The van der Waals surface area contributed by atoms with E-state index < -0.39 is 0 Å². The SMILES string of the molecule is Cc1ccc(OCC2CCC(C)O2)cc1F. The van der Waals surface area contributed by atoms with Crippen LogP contribution in [0.2, 0.25) is 0 Å². The van der Waals surface area contributed by atoms with Crippen molar-refractivity contribution in [2.24, 2.45) is 0 Å². The van der Waals surface area contributed by atoms with E-state index in [4.69, 9.17) is 9.47 Å². The van der Waals surface area contributed by atoms with Gasteiger partial charge in [0, 0.05) is 6.07 Å². The summed E-state index contributed by atoms with van der Waals surface area (Å²) in [6, 6.07) is 4.94. The molecule has 1 aromatic rings. The van der Waals surface area contributed by atoms with Gasteiger partial charge >= 0.3 is 0 Å². The van der Waals surface area contributed by atoms with Crippen LogP contribution in [0.4, 0.5) is 4.39 Å². The molecule has 3 heteroatoms. The zero-order valence-electron chi connectivity index (χ0n) is 9.70. The molecule has 2 unspecified atom stereocenters. The van der Waals surface area contributed by atoms with Crippen LogP contribution in [0.25, 0.3) is 0 Å². The zero-order chi connectivity index (χ0) is 11.5. The molecule has 0 bridgehead atoms. The maximum Gasteiger partial charge on any atom is 0.129 e. The van der Waals surface area contributed by atoms with E-state index in [1.54, 1.807) is 19.1 Å². The van der Waals surface area contributed by atoms with E-state index in [2.05, 4.69) is 6.92 Å². The van der Waals surface area contributed by atoms with Crippen LogP contribution < -0.4 is 4.74 Å². The Morgan fingerprint density at radius 3 is 2.88 bits per heavy atom. The number of hydrogen-bond acceptors (Lipinski definition) is 2. The van der Waals surface area contributed by atoms with Gasteiger partial charge in [-0.05, 0) is 38.3 Å². The highest BCUT2D eigenvalue weighted by Crippen LogP contribution is 2.21. The molecule has 16 heavy (non-hydrogen) atoms. The average molecular weight is 224 g/mol. The Morgan fingerprint density at radius 1 is 1.44 bits per heavy atom. The van der Waals surface area contributed by atoms with Crippen LogP contribution in [-0.2, 0) is 4.74 Å². The molecule has 2 atom stereocenters. The minimum atomic E-state index is -0.224. The summed E-state index contributed by atoms with van der Waals surface area (Å²) < 4.78 is 24.4. The normalized spacial score (nSPS) is 24.7. The summed E-state index contributed by atoms with van der Waals surface area (Å²) in [5.74, 6) is 0.351. The van der Waals surface area contributed by atoms with Crippen molar-refractivity contribution in [2.45, 2.75) is 38.9 Å². The minimum Gasteiger partial charge on any atom is -0.491 e. The van der Waals surface area contributed by atoms with Gasteiger partial charge in [-0.25, -0.2) is 4.39 Å². The van der Waals surface area contributed by atoms with Gasteiger partial charge in [-0.1, -0.05) is 6.07 Å². The van der Waals surface area contributed by atoms with Crippen LogP contribution in [0.5, 0.6) is 5.75 Å². The quantitative estimate of drug-likeness (QED) is 0.785. The molecule has 1 saturated heterocycles. The summed E-state index contributed by atoms with van der Waals surface area (Å²) in [4.78, 5) is 0. The van der Waals surface area contributed by atoms with Crippen LogP contribution in [0.15, 0.2) is 18.2 Å². The van der Waals surface area contributed by atoms with Gasteiger partial charge in [0.15, 0.2) is 0 Å². The van der Waals surface area contributed by atoms with E-state index in [1.165, 1.54) is 6.07 Å². The first-order valence-corrected chi connectivity index (χ1v) is 5.69. The summed E-state index contributed by atoms with van der Waals surface area (Å²) >= 11 is 0. The van der Waals surface area contributed by atoms with Crippen LogP contribution in [0.3, 0.4) is 0 Å². The maximum atomic E-state index is 13.2. The molecule has 1 fully saturated rings. The Hall–Kier alpha value is -1.09. The third kappa shape index (κ3) is 2.73. The molecule has 1 heterocycles. The number of rotatable bonds is 3. The van der Waals surface area contributed by atoms with Gasteiger partial charge in [-0.15, -0.1) is 0 Å². The standard InChI is InChI=1S/C13H17FO2/c1-9-3-5-11(7-13(9)14)15-8-12-6-4-10(2)16-12/h3,5,7,10,12H,4,6,8H2,1-2H3. The Morgan fingerprint density at radius 2 is 2.25 bits per heavy atom. The summed E-state index contributed by atoms with van der Waals surface area (Å²) in [5, 5.41) is 0. The van der Waals surface area contributed by atoms with Gasteiger partial charge in [-0.3, -0.25) is 0 Å². The van der Waals surface area contributed by atoms with Crippen LogP contribution in [-0.4, -0.2) is 18.8 Å². The predicted molar refractivity (Wildman–Crippen MR) is 60.2 cm³/mol. The second-order valence-electron chi connectivity index (χ2n) is 4.37. The zero-order valence-corrected chi connectivity index (χ0v) is 9.70. The largest absolute Gasteiger partial charge is 0.491 e.